The van der Waals surface area contributed by atoms with Gasteiger partial charge in [0.25, 0.3) is 15.9 Å². The second-order valence-corrected chi connectivity index (χ2v) is 9.47. The number of carbonyl (C=O) groups is 1. The van der Waals surface area contributed by atoms with Gasteiger partial charge in [0.1, 0.15) is 0 Å². The van der Waals surface area contributed by atoms with Crippen molar-refractivity contribution >= 4 is 43.2 Å². The van der Waals surface area contributed by atoms with Crippen molar-refractivity contribution in [2.24, 2.45) is 12.0 Å². The number of thiazole rings is 1. The van der Waals surface area contributed by atoms with E-state index in [2.05, 4.69) is 9.71 Å². The van der Waals surface area contributed by atoms with Gasteiger partial charge in [0.05, 0.1) is 15.1 Å². The van der Waals surface area contributed by atoms with Gasteiger partial charge >= 0.3 is 0 Å². The van der Waals surface area contributed by atoms with E-state index >= 15 is 0 Å². The van der Waals surface area contributed by atoms with E-state index in [1.165, 1.54) is 29.5 Å². The normalized spacial score (nSPS) is 12.3. The first-order chi connectivity index (χ1) is 14.3. The van der Waals surface area contributed by atoms with Gasteiger partial charge in [-0.2, -0.15) is 4.99 Å². The summed E-state index contributed by atoms with van der Waals surface area (Å²) in [5.41, 5.74) is 2.75. The van der Waals surface area contributed by atoms with Gasteiger partial charge in [0, 0.05) is 18.3 Å². The quantitative estimate of drug-likeness (QED) is 0.522. The Morgan fingerprint density at radius 3 is 2.47 bits per heavy atom. The van der Waals surface area contributed by atoms with Crippen LogP contribution in [0.3, 0.4) is 0 Å². The van der Waals surface area contributed by atoms with Crippen molar-refractivity contribution in [2.75, 3.05) is 4.72 Å². The van der Waals surface area contributed by atoms with Gasteiger partial charge in [-0.25, -0.2) is 8.42 Å². The van der Waals surface area contributed by atoms with E-state index in [4.69, 9.17) is 0 Å². The molecule has 30 heavy (non-hydrogen) atoms. The predicted octanol–water partition coefficient (Wildman–Crippen LogP) is 4.09. The summed E-state index contributed by atoms with van der Waals surface area (Å²) in [6.45, 7) is 2.02. The summed E-state index contributed by atoms with van der Waals surface area (Å²) in [4.78, 5) is 17.8. The van der Waals surface area contributed by atoms with Crippen LogP contribution in [0.4, 0.5) is 5.69 Å². The number of hydrogen-bond donors (Lipinski definition) is 1. The van der Waals surface area contributed by atoms with E-state index in [1.807, 2.05) is 36.7 Å². The average Bonchev–Trinajstić information content (AvgIpc) is 3.05. The fourth-order valence-electron chi connectivity index (χ4n) is 3.19. The lowest BCUT2D eigenvalue weighted by Crippen LogP contribution is -2.15. The van der Waals surface area contributed by atoms with Gasteiger partial charge < -0.3 is 4.57 Å². The standard InChI is InChI=1S/C22H19N3O3S2/c1-15-8-6-13-19-20(15)25(2)22(29-19)23-21(26)16-9-7-10-17(14-16)24-30(27,28)18-11-4-3-5-12-18/h3-14,24H,1-2H3. The number of aryl methyl sites for hydroxylation is 2. The van der Waals surface area contributed by atoms with Crippen LogP contribution in [0.2, 0.25) is 0 Å². The summed E-state index contributed by atoms with van der Waals surface area (Å²) in [7, 11) is -1.86. The number of nitrogens with zero attached hydrogens (tertiary/aromatic N) is 2. The molecule has 0 aliphatic heterocycles. The molecule has 0 atom stereocenters. The summed E-state index contributed by atoms with van der Waals surface area (Å²) in [6.07, 6.45) is 0. The number of aromatic nitrogens is 1. The number of benzene rings is 3. The van der Waals surface area contributed by atoms with Crippen LogP contribution >= 0.6 is 11.3 Å². The topological polar surface area (TPSA) is 80.5 Å². The molecular formula is C22H19N3O3S2. The third-order valence-electron chi connectivity index (χ3n) is 4.64. The summed E-state index contributed by atoms with van der Waals surface area (Å²) in [5, 5.41) is 0. The number of nitrogens with one attached hydrogen (secondary N) is 1. The van der Waals surface area contributed by atoms with Crippen molar-refractivity contribution in [3.63, 3.8) is 0 Å². The Kier molecular flexibility index (Phi) is 5.27. The van der Waals surface area contributed by atoms with E-state index in [0.29, 0.717) is 16.1 Å². The number of amides is 1. The van der Waals surface area contributed by atoms with Gasteiger partial charge in [-0.3, -0.25) is 9.52 Å². The molecule has 3 aromatic carbocycles. The van der Waals surface area contributed by atoms with Gasteiger partial charge in [0.15, 0.2) is 4.80 Å². The summed E-state index contributed by atoms with van der Waals surface area (Å²) in [5.74, 6) is -0.435. The molecule has 0 saturated heterocycles. The Hall–Kier alpha value is -3.23. The smallest absolute Gasteiger partial charge is 0.279 e. The zero-order valence-electron chi connectivity index (χ0n) is 16.4. The van der Waals surface area contributed by atoms with Gasteiger partial charge in [-0.1, -0.05) is 47.7 Å². The maximum absolute atomic E-state index is 12.8. The maximum atomic E-state index is 12.8. The molecule has 0 aliphatic rings. The minimum atomic E-state index is -3.74. The molecule has 0 unspecified atom stereocenters. The van der Waals surface area contributed by atoms with Crippen molar-refractivity contribution in [1.29, 1.82) is 0 Å². The number of para-hydroxylation sites is 1. The van der Waals surface area contributed by atoms with Crippen LogP contribution in [0.25, 0.3) is 10.2 Å². The molecule has 152 valence electrons. The molecule has 1 amide bonds. The van der Waals surface area contributed by atoms with Gasteiger partial charge in [-0.05, 0) is 48.9 Å². The molecule has 1 heterocycles. The van der Waals surface area contributed by atoms with Crippen LogP contribution < -0.4 is 9.52 Å². The highest BCUT2D eigenvalue weighted by molar-refractivity contribution is 7.92. The second-order valence-electron chi connectivity index (χ2n) is 6.78. The molecule has 1 aromatic heterocycles. The van der Waals surface area contributed by atoms with E-state index in [-0.39, 0.29) is 4.90 Å². The lowest BCUT2D eigenvalue weighted by molar-refractivity contribution is 0.0998. The lowest BCUT2D eigenvalue weighted by atomic mass is 10.2. The number of fused-ring (bicyclic) bond motifs is 1. The zero-order chi connectivity index (χ0) is 21.3. The molecular weight excluding hydrogens is 418 g/mol. The minimum absolute atomic E-state index is 0.152. The third-order valence-corrected chi connectivity index (χ3v) is 7.13. The van der Waals surface area contributed by atoms with E-state index in [1.54, 1.807) is 36.4 Å². The monoisotopic (exact) mass is 437 g/mol. The van der Waals surface area contributed by atoms with E-state index in [9.17, 15) is 13.2 Å². The highest BCUT2D eigenvalue weighted by atomic mass is 32.2. The fraction of sp³-hybridized carbons (Fsp3) is 0.0909. The van der Waals surface area contributed by atoms with Crippen LogP contribution in [0.1, 0.15) is 15.9 Å². The van der Waals surface area contributed by atoms with Crippen molar-refractivity contribution in [3.05, 3.63) is 88.7 Å². The molecule has 4 aromatic rings. The van der Waals surface area contributed by atoms with Crippen LogP contribution in [0.15, 0.2) is 82.7 Å². The summed E-state index contributed by atoms with van der Waals surface area (Å²) in [6, 6.07) is 20.4. The lowest BCUT2D eigenvalue weighted by Gasteiger charge is -2.08. The Labute approximate surface area is 178 Å². The number of hydrogen-bond acceptors (Lipinski definition) is 4. The number of rotatable bonds is 4. The predicted molar refractivity (Wildman–Crippen MR) is 119 cm³/mol. The first-order valence-electron chi connectivity index (χ1n) is 9.17. The molecule has 0 radical (unpaired) electrons. The first-order valence-corrected chi connectivity index (χ1v) is 11.5. The molecule has 0 spiro atoms. The molecule has 0 saturated carbocycles. The fourth-order valence-corrected chi connectivity index (χ4v) is 5.35. The first kappa shape index (κ1) is 20.1. The van der Waals surface area contributed by atoms with Crippen molar-refractivity contribution < 1.29 is 13.2 Å². The third kappa shape index (κ3) is 3.92. The van der Waals surface area contributed by atoms with Crippen LogP contribution in [-0.2, 0) is 17.1 Å². The van der Waals surface area contributed by atoms with Crippen LogP contribution in [-0.4, -0.2) is 18.9 Å². The number of anilines is 1. The van der Waals surface area contributed by atoms with E-state index in [0.717, 1.165) is 15.8 Å². The Bertz CT molecular complexity index is 1420. The SMILES string of the molecule is Cc1cccc2sc(=NC(=O)c3cccc(NS(=O)(=O)c4ccccc4)c3)n(C)c12. The molecule has 0 bridgehead atoms. The molecule has 0 aliphatic carbocycles. The van der Waals surface area contributed by atoms with Gasteiger partial charge in [0.2, 0.25) is 0 Å². The minimum Gasteiger partial charge on any atom is -0.319 e. The summed E-state index contributed by atoms with van der Waals surface area (Å²) >= 11 is 1.44. The largest absolute Gasteiger partial charge is 0.319 e. The Morgan fingerprint density at radius 1 is 1.00 bits per heavy atom. The molecule has 6 nitrogen and oxygen atoms in total. The van der Waals surface area contributed by atoms with Crippen LogP contribution in [0.5, 0.6) is 0 Å². The van der Waals surface area contributed by atoms with Crippen molar-refractivity contribution in [2.45, 2.75) is 11.8 Å². The Balaban J connectivity index is 1.66. The maximum Gasteiger partial charge on any atom is 0.279 e. The molecule has 8 heteroatoms. The highest BCUT2D eigenvalue weighted by Gasteiger charge is 2.15. The van der Waals surface area contributed by atoms with Crippen molar-refractivity contribution in [1.82, 2.24) is 4.57 Å². The second kappa shape index (κ2) is 7.89. The average molecular weight is 438 g/mol. The van der Waals surface area contributed by atoms with E-state index < -0.39 is 15.9 Å². The molecule has 1 N–H and O–H groups in total. The number of sulfonamides is 1. The van der Waals surface area contributed by atoms with Gasteiger partial charge in [-0.15, -0.1) is 0 Å². The molecule has 0 fully saturated rings. The van der Waals surface area contributed by atoms with Crippen LogP contribution in [0, 0.1) is 6.92 Å². The summed E-state index contributed by atoms with van der Waals surface area (Å²) < 4.78 is 30.5. The zero-order valence-corrected chi connectivity index (χ0v) is 18.0. The highest BCUT2D eigenvalue weighted by Crippen LogP contribution is 2.20. The number of carbonyl (C=O) groups excluding carboxylic acids is 1. The molecule has 4 rings (SSSR count). The van der Waals surface area contributed by atoms with Crippen molar-refractivity contribution in [3.8, 4) is 0 Å². The Morgan fingerprint density at radius 2 is 1.73 bits per heavy atom.